The molecule has 0 unspecified atom stereocenters. The minimum absolute atomic E-state index is 0.269. The standard InChI is InChI=1S/C12H13FN2OS/c13-12-2-1-9(3-10(12)7-16)4-14-5-11-6-15-8-17-11/h1-3,6,8,14,16H,4-5,7H2. The third kappa shape index (κ3) is 3.33. The number of hydrogen-bond donors (Lipinski definition) is 2. The van der Waals surface area contributed by atoms with Crippen LogP contribution in [0.15, 0.2) is 29.9 Å². The maximum Gasteiger partial charge on any atom is 0.128 e. The van der Waals surface area contributed by atoms with Crippen LogP contribution in [0.5, 0.6) is 0 Å². The lowest BCUT2D eigenvalue weighted by molar-refractivity contribution is 0.275. The first-order chi connectivity index (χ1) is 8.29. The van der Waals surface area contributed by atoms with E-state index < -0.39 is 0 Å². The van der Waals surface area contributed by atoms with Crippen molar-refractivity contribution in [1.29, 1.82) is 0 Å². The van der Waals surface area contributed by atoms with E-state index in [-0.39, 0.29) is 12.4 Å². The average molecular weight is 252 g/mol. The van der Waals surface area contributed by atoms with Crippen LogP contribution in [-0.2, 0) is 19.7 Å². The summed E-state index contributed by atoms with van der Waals surface area (Å²) in [4.78, 5) is 5.14. The summed E-state index contributed by atoms with van der Waals surface area (Å²) in [6, 6.07) is 4.78. The smallest absolute Gasteiger partial charge is 0.128 e. The Balaban J connectivity index is 1.90. The van der Waals surface area contributed by atoms with Crippen LogP contribution < -0.4 is 5.32 Å². The Morgan fingerprint density at radius 2 is 2.24 bits per heavy atom. The van der Waals surface area contributed by atoms with Crippen molar-refractivity contribution in [1.82, 2.24) is 10.3 Å². The molecule has 1 aromatic heterocycles. The van der Waals surface area contributed by atoms with Crippen molar-refractivity contribution in [2.75, 3.05) is 0 Å². The van der Waals surface area contributed by atoms with Crippen molar-refractivity contribution in [3.63, 3.8) is 0 Å². The Morgan fingerprint density at radius 1 is 1.35 bits per heavy atom. The molecule has 3 nitrogen and oxygen atoms in total. The maximum atomic E-state index is 13.1. The maximum absolute atomic E-state index is 13.1. The molecule has 0 saturated heterocycles. The molecule has 0 aliphatic rings. The predicted molar refractivity (Wildman–Crippen MR) is 65.0 cm³/mol. The van der Waals surface area contributed by atoms with Gasteiger partial charge < -0.3 is 10.4 Å². The number of benzene rings is 1. The Kier molecular flexibility index (Phi) is 4.19. The summed E-state index contributed by atoms with van der Waals surface area (Å²) in [5.74, 6) is -0.362. The molecule has 90 valence electrons. The summed E-state index contributed by atoms with van der Waals surface area (Å²) < 4.78 is 13.1. The van der Waals surface area contributed by atoms with Crippen LogP contribution >= 0.6 is 11.3 Å². The van der Waals surface area contributed by atoms with Crippen molar-refractivity contribution in [3.05, 3.63) is 51.7 Å². The number of nitrogens with one attached hydrogen (secondary N) is 1. The Labute approximate surface area is 103 Å². The van der Waals surface area contributed by atoms with Gasteiger partial charge in [0.2, 0.25) is 0 Å². The van der Waals surface area contributed by atoms with Gasteiger partial charge in [-0.25, -0.2) is 4.39 Å². The Hall–Kier alpha value is -1.30. The van der Waals surface area contributed by atoms with Gasteiger partial charge in [-0.1, -0.05) is 6.07 Å². The van der Waals surface area contributed by atoms with Crippen molar-refractivity contribution < 1.29 is 9.50 Å². The van der Waals surface area contributed by atoms with Gasteiger partial charge in [0.15, 0.2) is 0 Å². The first-order valence-corrected chi connectivity index (χ1v) is 6.14. The average Bonchev–Trinajstić information content (AvgIpc) is 2.84. The number of aromatic nitrogens is 1. The van der Waals surface area contributed by atoms with Crippen LogP contribution in [0.4, 0.5) is 4.39 Å². The first-order valence-electron chi connectivity index (χ1n) is 5.26. The zero-order valence-corrected chi connectivity index (χ0v) is 10.0. The highest BCUT2D eigenvalue weighted by molar-refractivity contribution is 7.09. The third-order valence-corrected chi connectivity index (χ3v) is 3.17. The normalized spacial score (nSPS) is 10.7. The molecule has 0 atom stereocenters. The van der Waals surface area contributed by atoms with Crippen molar-refractivity contribution >= 4 is 11.3 Å². The second kappa shape index (κ2) is 5.86. The Bertz CT molecular complexity index is 473. The molecule has 0 bridgehead atoms. The SMILES string of the molecule is OCc1cc(CNCc2cncs2)ccc1F. The summed E-state index contributed by atoms with van der Waals surface area (Å²) in [5.41, 5.74) is 3.08. The first kappa shape index (κ1) is 12.2. The highest BCUT2D eigenvalue weighted by Crippen LogP contribution is 2.11. The highest BCUT2D eigenvalue weighted by atomic mass is 32.1. The molecule has 0 saturated carbocycles. The van der Waals surface area contributed by atoms with E-state index in [1.807, 2.05) is 6.20 Å². The topological polar surface area (TPSA) is 45.1 Å². The number of thiazole rings is 1. The minimum Gasteiger partial charge on any atom is -0.392 e. The Morgan fingerprint density at radius 3 is 2.94 bits per heavy atom. The molecule has 1 heterocycles. The molecular weight excluding hydrogens is 239 g/mol. The molecule has 2 N–H and O–H groups in total. The molecular formula is C12H13FN2OS. The molecule has 5 heteroatoms. The van der Waals surface area contributed by atoms with Crippen LogP contribution in [-0.4, -0.2) is 10.1 Å². The summed E-state index contributed by atoms with van der Waals surface area (Å²) in [6.45, 7) is 1.12. The number of halogens is 1. The molecule has 17 heavy (non-hydrogen) atoms. The van der Waals surface area contributed by atoms with E-state index in [0.29, 0.717) is 12.1 Å². The van der Waals surface area contributed by atoms with Crippen molar-refractivity contribution in [3.8, 4) is 0 Å². The summed E-state index contributed by atoms with van der Waals surface area (Å²) in [6.07, 6.45) is 1.82. The predicted octanol–water partition coefficient (Wildman–Crippen LogP) is 2.06. The van der Waals surface area contributed by atoms with Gasteiger partial charge in [-0.2, -0.15) is 0 Å². The second-order valence-corrected chi connectivity index (χ2v) is 4.63. The van der Waals surface area contributed by atoms with Crippen LogP contribution in [0.1, 0.15) is 16.0 Å². The lowest BCUT2D eigenvalue weighted by Crippen LogP contribution is -2.12. The number of hydrogen-bond acceptors (Lipinski definition) is 4. The van der Waals surface area contributed by atoms with Crippen LogP contribution in [0.2, 0.25) is 0 Å². The lowest BCUT2D eigenvalue weighted by atomic mass is 10.1. The fourth-order valence-electron chi connectivity index (χ4n) is 1.52. The van der Waals surface area contributed by atoms with Crippen LogP contribution in [0.25, 0.3) is 0 Å². The molecule has 0 aliphatic heterocycles. The van der Waals surface area contributed by atoms with E-state index in [1.165, 1.54) is 6.07 Å². The summed E-state index contributed by atoms with van der Waals surface area (Å²) >= 11 is 1.59. The van der Waals surface area contributed by atoms with Gasteiger partial charge in [0.1, 0.15) is 5.82 Å². The van der Waals surface area contributed by atoms with E-state index in [2.05, 4.69) is 10.3 Å². The lowest BCUT2D eigenvalue weighted by Gasteiger charge is -2.06. The van der Waals surface area contributed by atoms with Gasteiger partial charge in [-0.3, -0.25) is 4.98 Å². The van der Waals surface area contributed by atoms with Gasteiger partial charge in [-0.15, -0.1) is 11.3 Å². The van der Waals surface area contributed by atoms with Crippen LogP contribution in [0.3, 0.4) is 0 Å². The zero-order chi connectivity index (χ0) is 12.1. The van der Waals surface area contributed by atoms with Crippen molar-refractivity contribution in [2.45, 2.75) is 19.7 Å². The van der Waals surface area contributed by atoms with Gasteiger partial charge in [0.05, 0.1) is 12.1 Å². The molecule has 0 amide bonds. The van der Waals surface area contributed by atoms with Crippen LogP contribution in [0, 0.1) is 5.82 Å². The van der Waals surface area contributed by atoms with E-state index >= 15 is 0 Å². The second-order valence-electron chi connectivity index (χ2n) is 3.66. The van der Waals surface area contributed by atoms with E-state index in [4.69, 9.17) is 5.11 Å². The third-order valence-electron chi connectivity index (χ3n) is 2.39. The number of nitrogens with zero attached hydrogens (tertiary/aromatic N) is 1. The van der Waals surface area contributed by atoms with Gasteiger partial charge in [0.25, 0.3) is 0 Å². The van der Waals surface area contributed by atoms with E-state index in [9.17, 15) is 4.39 Å². The van der Waals surface area contributed by atoms with Crippen molar-refractivity contribution in [2.24, 2.45) is 0 Å². The molecule has 0 spiro atoms. The molecule has 0 aliphatic carbocycles. The van der Waals surface area contributed by atoms with Gasteiger partial charge in [-0.05, 0) is 17.7 Å². The number of rotatable bonds is 5. The molecule has 1 aromatic carbocycles. The zero-order valence-electron chi connectivity index (χ0n) is 9.19. The van der Waals surface area contributed by atoms with E-state index in [1.54, 1.807) is 29.0 Å². The number of aliphatic hydroxyl groups excluding tert-OH is 1. The number of aliphatic hydroxyl groups is 1. The summed E-state index contributed by atoms with van der Waals surface area (Å²) in [7, 11) is 0. The quantitative estimate of drug-likeness (QED) is 0.856. The monoisotopic (exact) mass is 252 g/mol. The molecule has 2 rings (SSSR count). The molecule has 2 aromatic rings. The van der Waals surface area contributed by atoms with E-state index in [0.717, 1.165) is 17.0 Å². The molecule has 0 fully saturated rings. The fraction of sp³-hybridized carbons (Fsp3) is 0.250. The fourth-order valence-corrected chi connectivity index (χ4v) is 2.08. The molecule has 0 radical (unpaired) electrons. The largest absolute Gasteiger partial charge is 0.392 e. The highest BCUT2D eigenvalue weighted by Gasteiger charge is 2.02. The van der Waals surface area contributed by atoms with Gasteiger partial charge in [0, 0.05) is 29.7 Å². The minimum atomic E-state index is -0.362. The van der Waals surface area contributed by atoms with Gasteiger partial charge >= 0.3 is 0 Å². The summed E-state index contributed by atoms with van der Waals surface area (Å²) in [5, 5.41) is 12.2.